The molecular weight excluding hydrogens is 238 g/mol. The number of aryl methyl sites for hydroxylation is 2. The highest BCUT2D eigenvalue weighted by Gasteiger charge is 2.13. The second-order valence-corrected chi connectivity index (χ2v) is 4.69. The second kappa shape index (κ2) is 4.12. The minimum Gasteiger partial charge on any atom is -0.496 e. The number of para-hydroxylation sites is 1. The lowest BCUT2D eigenvalue weighted by molar-refractivity contribution is 0.413. The van der Waals surface area contributed by atoms with Crippen molar-refractivity contribution in [2.45, 2.75) is 6.92 Å². The monoisotopic (exact) mass is 253 g/mol. The Morgan fingerprint density at radius 2 is 1.84 bits per heavy atom. The van der Waals surface area contributed by atoms with Crippen LogP contribution in [0.5, 0.6) is 5.75 Å². The van der Waals surface area contributed by atoms with E-state index in [-0.39, 0.29) is 5.43 Å². The Morgan fingerprint density at radius 1 is 1.11 bits per heavy atom. The number of aromatic nitrogens is 1. The number of benzene rings is 1. The van der Waals surface area contributed by atoms with Crippen molar-refractivity contribution in [2.75, 3.05) is 7.11 Å². The first kappa shape index (κ1) is 11.8. The zero-order chi connectivity index (χ0) is 13.6. The summed E-state index contributed by atoms with van der Waals surface area (Å²) in [4.78, 5) is 12.3. The van der Waals surface area contributed by atoms with Crippen molar-refractivity contribution < 1.29 is 4.74 Å². The van der Waals surface area contributed by atoms with Gasteiger partial charge < -0.3 is 9.30 Å². The summed E-state index contributed by atoms with van der Waals surface area (Å²) in [6, 6.07) is 11.4. The van der Waals surface area contributed by atoms with Crippen LogP contribution in [0.1, 0.15) is 5.56 Å². The van der Waals surface area contributed by atoms with E-state index in [0.717, 1.165) is 33.1 Å². The quantitative estimate of drug-likeness (QED) is 0.667. The van der Waals surface area contributed by atoms with Gasteiger partial charge in [0.2, 0.25) is 5.43 Å². The smallest absolute Gasteiger partial charge is 0.202 e. The van der Waals surface area contributed by atoms with Crippen molar-refractivity contribution in [1.82, 2.24) is 4.57 Å². The lowest BCUT2D eigenvalue weighted by Crippen LogP contribution is -2.00. The molecule has 0 atom stereocenters. The number of rotatable bonds is 1. The molecule has 2 aromatic carbocycles. The van der Waals surface area contributed by atoms with Crippen LogP contribution in [0.15, 0.2) is 41.2 Å². The fourth-order valence-electron chi connectivity index (χ4n) is 2.76. The number of fused-ring (bicyclic) bond motifs is 3. The van der Waals surface area contributed by atoms with Crippen LogP contribution in [0.3, 0.4) is 0 Å². The first-order valence-electron chi connectivity index (χ1n) is 6.20. The van der Waals surface area contributed by atoms with E-state index in [4.69, 9.17) is 4.74 Å². The number of hydrogen-bond donors (Lipinski definition) is 0. The number of ether oxygens (including phenoxy) is 1. The zero-order valence-corrected chi connectivity index (χ0v) is 11.2. The summed E-state index contributed by atoms with van der Waals surface area (Å²) >= 11 is 0. The van der Waals surface area contributed by atoms with E-state index in [9.17, 15) is 4.79 Å². The van der Waals surface area contributed by atoms with Crippen molar-refractivity contribution in [2.24, 2.45) is 7.05 Å². The molecule has 19 heavy (non-hydrogen) atoms. The summed E-state index contributed by atoms with van der Waals surface area (Å²) < 4.78 is 7.34. The molecule has 0 spiro atoms. The molecule has 0 fully saturated rings. The van der Waals surface area contributed by atoms with Crippen LogP contribution in [0.4, 0.5) is 0 Å². The Bertz CT molecular complexity index is 847. The third kappa shape index (κ3) is 1.55. The Kier molecular flexibility index (Phi) is 2.56. The average molecular weight is 253 g/mol. The molecule has 0 unspecified atom stereocenters. The van der Waals surface area contributed by atoms with Crippen LogP contribution >= 0.6 is 0 Å². The van der Waals surface area contributed by atoms with Crippen LogP contribution in [-0.2, 0) is 7.05 Å². The first-order valence-corrected chi connectivity index (χ1v) is 6.20. The molecule has 0 bridgehead atoms. The zero-order valence-electron chi connectivity index (χ0n) is 11.2. The molecule has 3 aromatic rings. The van der Waals surface area contributed by atoms with Gasteiger partial charge in [0, 0.05) is 28.9 Å². The largest absolute Gasteiger partial charge is 0.496 e. The number of nitrogens with zero attached hydrogens (tertiary/aromatic N) is 1. The number of hydrogen-bond acceptors (Lipinski definition) is 2. The van der Waals surface area contributed by atoms with E-state index in [0.29, 0.717) is 0 Å². The molecule has 3 heteroatoms. The van der Waals surface area contributed by atoms with Crippen LogP contribution in [0.25, 0.3) is 21.8 Å². The summed E-state index contributed by atoms with van der Waals surface area (Å²) in [6.07, 6.45) is 0. The van der Waals surface area contributed by atoms with Gasteiger partial charge in [-0.05, 0) is 25.1 Å². The van der Waals surface area contributed by atoms with Crippen molar-refractivity contribution in [1.29, 1.82) is 0 Å². The molecule has 0 aliphatic heterocycles. The topological polar surface area (TPSA) is 31.2 Å². The normalized spacial score (nSPS) is 11.1. The Balaban J connectivity index is 2.73. The maximum absolute atomic E-state index is 12.3. The molecule has 3 rings (SSSR count). The molecule has 0 radical (unpaired) electrons. The van der Waals surface area contributed by atoms with E-state index in [2.05, 4.69) is 0 Å². The Hall–Kier alpha value is -2.29. The van der Waals surface area contributed by atoms with Crippen molar-refractivity contribution in [3.63, 3.8) is 0 Å². The van der Waals surface area contributed by atoms with E-state index < -0.39 is 0 Å². The fraction of sp³-hybridized carbons (Fsp3) is 0.188. The lowest BCUT2D eigenvalue weighted by atomic mass is 10.1. The van der Waals surface area contributed by atoms with Gasteiger partial charge in [0.1, 0.15) is 5.75 Å². The van der Waals surface area contributed by atoms with Gasteiger partial charge in [0.05, 0.1) is 12.6 Å². The molecule has 0 aliphatic carbocycles. The third-order valence-electron chi connectivity index (χ3n) is 3.69. The van der Waals surface area contributed by atoms with E-state index in [1.54, 1.807) is 19.2 Å². The summed E-state index contributed by atoms with van der Waals surface area (Å²) in [6.45, 7) is 1.99. The van der Waals surface area contributed by atoms with Crippen molar-refractivity contribution in [3.05, 3.63) is 52.2 Å². The molecule has 0 amide bonds. The third-order valence-corrected chi connectivity index (χ3v) is 3.69. The molecular formula is C16H15NO2. The molecule has 96 valence electrons. The van der Waals surface area contributed by atoms with Crippen LogP contribution in [-0.4, -0.2) is 11.7 Å². The van der Waals surface area contributed by atoms with Crippen LogP contribution < -0.4 is 10.2 Å². The lowest BCUT2D eigenvalue weighted by Gasteiger charge is -2.00. The SMILES string of the molecule is COc1ccc(=O)c2c(c1C)c1ccccc1n2C. The average Bonchev–Trinajstić information content (AvgIpc) is 2.65. The summed E-state index contributed by atoms with van der Waals surface area (Å²) in [5.74, 6) is 0.739. The molecule has 1 aromatic heterocycles. The Labute approximate surface area is 111 Å². The predicted octanol–water partition coefficient (Wildman–Crippen LogP) is 3.01. The highest BCUT2D eigenvalue weighted by molar-refractivity contribution is 6.09. The predicted molar refractivity (Wildman–Crippen MR) is 78.0 cm³/mol. The summed E-state index contributed by atoms with van der Waals surface area (Å²) in [5.41, 5.74) is 2.80. The van der Waals surface area contributed by atoms with Crippen LogP contribution in [0, 0.1) is 6.92 Å². The molecule has 1 heterocycles. The van der Waals surface area contributed by atoms with Gasteiger partial charge in [-0.25, -0.2) is 0 Å². The van der Waals surface area contributed by atoms with Gasteiger partial charge in [-0.1, -0.05) is 18.2 Å². The van der Waals surface area contributed by atoms with E-state index >= 15 is 0 Å². The van der Waals surface area contributed by atoms with Gasteiger partial charge in [0.15, 0.2) is 0 Å². The fourth-order valence-corrected chi connectivity index (χ4v) is 2.76. The molecule has 3 nitrogen and oxygen atoms in total. The second-order valence-electron chi connectivity index (χ2n) is 4.69. The van der Waals surface area contributed by atoms with Crippen LogP contribution in [0.2, 0.25) is 0 Å². The summed E-state index contributed by atoms with van der Waals surface area (Å²) in [5, 5.41) is 2.06. The standard InChI is InChI=1S/C16H15NO2/c1-10-14(19-3)9-8-13(18)16-15(10)11-6-4-5-7-12(11)17(16)2/h4-9H,1-3H3. The molecule has 0 aliphatic rings. The maximum atomic E-state index is 12.3. The van der Waals surface area contributed by atoms with Gasteiger partial charge in [-0.15, -0.1) is 0 Å². The summed E-state index contributed by atoms with van der Waals surface area (Å²) in [7, 11) is 3.56. The van der Waals surface area contributed by atoms with Crippen molar-refractivity contribution >= 4 is 21.8 Å². The highest BCUT2D eigenvalue weighted by atomic mass is 16.5. The van der Waals surface area contributed by atoms with Gasteiger partial charge in [-0.3, -0.25) is 4.79 Å². The van der Waals surface area contributed by atoms with E-state index in [1.165, 1.54) is 0 Å². The highest BCUT2D eigenvalue weighted by Crippen LogP contribution is 2.31. The van der Waals surface area contributed by atoms with E-state index in [1.807, 2.05) is 42.8 Å². The van der Waals surface area contributed by atoms with Crippen molar-refractivity contribution in [3.8, 4) is 5.75 Å². The number of methoxy groups -OCH3 is 1. The van der Waals surface area contributed by atoms with Gasteiger partial charge >= 0.3 is 0 Å². The first-order chi connectivity index (χ1) is 9.15. The minimum atomic E-state index is 0.0140. The minimum absolute atomic E-state index is 0.0140. The molecule has 0 saturated carbocycles. The molecule has 0 saturated heterocycles. The Morgan fingerprint density at radius 3 is 2.58 bits per heavy atom. The maximum Gasteiger partial charge on any atom is 0.202 e. The molecule has 0 N–H and O–H groups in total. The van der Waals surface area contributed by atoms with Gasteiger partial charge in [-0.2, -0.15) is 0 Å². The van der Waals surface area contributed by atoms with Gasteiger partial charge in [0.25, 0.3) is 0 Å².